The molecule has 0 saturated heterocycles. The molecule has 0 atom stereocenters. The molecule has 0 radical (unpaired) electrons. The van der Waals surface area contributed by atoms with Gasteiger partial charge in [-0.05, 0) is 6.92 Å². The molecular formula is C9H14N4OS. The summed E-state index contributed by atoms with van der Waals surface area (Å²) in [6.45, 7) is 6.23. The third-order valence-electron chi connectivity index (χ3n) is 1.79. The Morgan fingerprint density at radius 2 is 2.40 bits per heavy atom. The largest absolute Gasteiger partial charge is 0.370 e. The highest BCUT2D eigenvalue weighted by molar-refractivity contribution is 7.99. The van der Waals surface area contributed by atoms with Gasteiger partial charge in [0.05, 0.1) is 0 Å². The van der Waals surface area contributed by atoms with Crippen molar-refractivity contribution in [2.24, 2.45) is 5.73 Å². The van der Waals surface area contributed by atoms with Gasteiger partial charge in [-0.15, -0.1) is 16.8 Å². The molecule has 5 nitrogen and oxygen atoms in total. The van der Waals surface area contributed by atoms with Crippen molar-refractivity contribution in [3.63, 3.8) is 0 Å². The lowest BCUT2D eigenvalue weighted by molar-refractivity contribution is -0.117. The Hall–Kier alpha value is -1.30. The average Bonchev–Trinajstić information content (AvgIpc) is 2.50. The molecule has 0 unspecified atom stereocenters. The van der Waals surface area contributed by atoms with Crippen LogP contribution in [0, 0.1) is 6.92 Å². The summed E-state index contributed by atoms with van der Waals surface area (Å²) >= 11 is 1.48. The number of nitrogens with zero attached hydrogens (tertiary/aromatic N) is 3. The fourth-order valence-corrected chi connectivity index (χ4v) is 2.00. The van der Waals surface area contributed by atoms with Crippen LogP contribution in [-0.2, 0) is 11.3 Å². The van der Waals surface area contributed by atoms with Gasteiger partial charge in [0.2, 0.25) is 5.91 Å². The molecule has 1 aromatic rings. The molecular weight excluding hydrogens is 212 g/mol. The van der Waals surface area contributed by atoms with Crippen LogP contribution in [0.5, 0.6) is 0 Å². The molecule has 0 aliphatic heterocycles. The SMILES string of the molecule is C=CCn1c(C)nnc1SCCC(N)=O. The monoisotopic (exact) mass is 226 g/mol. The number of allylic oxidation sites excluding steroid dienone is 1. The molecule has 6 heteroatoms. The molecule has 0 aromatic carbocycles. The van der Waals surface area contributed by atoms with Gasteiger partial charge in [0.25, 0.3) is 0 Å². The van der Waals surface area contributed by atoms with Crippen LogP contribution in [-0.4, -0.2) is 26.4 Å². The molecule has 1 amide bonds. The Bertz CT molecular complexity index is 361. The van der Waals surface area contributed by atoms with Gasteiger partial charge in [-0.25, -0.2) is 0 Å². The van der Waals surface area contributed by atoms with Crippen LogP contribution in [0.3, 0.4) is 0 Å². The average molecular weight is 226 g/mol. The van der Waals surface area contributed by atoms with E-state index in [1.54, 1.807) is 6.08 Å². The summed E-state index contributed by atoms with van der Waals surface area (Å²) in [5.41, 5.74) is 5.05. The van der Waals surface area contributed by atoms with Gasteiger partial charge in [-0.1, -0.05) is 17.8 Å². The third kappa shape index (κ3) is 3.39. The van der Waals surface area contributed by atoms with Gasteiger partial charge in [-0.3, -0.25) is 4.79 Å². The smallest absolute Gasteiger partial charge is 0.218 e. The van der Waals surface area contributed by atoms with Crippen molar-refractivity contribution in [1.82, 2.24) is 14.8 Å². The number of thioether (sulfide) groups is 1. The molecule has 15 heavy (non-hydrogen) atoms. The molecule has 0 bridgehead atoms. The van der Waals surface area contributed by atoms with Gasteiger partial charge in [0.1, 0.15) is 5.82 Å². The zero-order valence-corrected chi connectivity index (χ0v) is 9.46. The second-order valence-electron chi connectivity index (χ2n) is 2.99. The van der Waals surface area contributed by atoms with E-state index in [1.165, 1.54) is 11.8 Å². The van der Waals surface area contributed by atoms with Gasteiger partial charge >= 0.3 is 0 Å². The number of nitrogens with two attached hydrogens (primary N) is 1. The lowest BCUT2D eigenvalue weighted by atomic mass is 10.5. The predicted octanol–water partition coefficient (Wildman–Crippen LogP) is 0.740. The Balaban J connectivity index is 2.59. The van der Waals surface area contributed by atoms with Gasteiger partial charge < -0.3 is 10.3 Å². The van der Waals surface area contributed by atoms with Gasteiger partial charge in [0, 0.05) is 18.7 Å². The minimum atomic E-state index is -0.297. The standard InChI is InChI=1S/C9H14N4OS/c1-3-5-13-7(2)11-12-9(13)15-6-4-8(10)14/h3H,1,4-6H2,2H3,(H2,10,14). The Kier molecular flexibility index (Phi) is 4.36. The molecule has 1 heterocycles. The summed E-state index contributed by atoms with van der Waals surface area (Å²) in [5.74, 6) is 1.18. The number of aryl methyl sites for hydroxylation is 1. The van der Waals surface area contributed by atoms with Crippen molar-refractivity contribution in [3.05, 3.63) is 18.5 Å². The fraction of sp³-hybridized carbons (Fsp3) is 0.444. The number of amides is 1. The summed E-state index contributed by atoms with van der Waals surface area (Å²) in [5, 5.41) is 8.77. The van der Waals surface area contributed by atoms with Gasteiger partial charge in [-0.2, -0.15) is 0 Å². The van der Waals surface area contributed by atoms with E-state index < -0.39 is 0 Å². The quantitative estimate of drug-likeness (QED) is 0.573. The molecule has 0 aliphatic carbocycles. The summed E-state index contributed by atoms with van der Waals surface area (Å²) in [7, 11) is 0. The first-order chi connectivity index (χ1) is 7.15. The van der Waals surface area contributed by atoms with E-state index in [9.17, 15) is 4.79 Å². The second kappa shape index (κ2) is 5.55. The van der Waals surface area contributed by atoms with Crippen molar-refractivity contribution >= 4 is 17.7 Å². The number of primary amides is 1. The topological polar surface area (TPSA) is 73.8 Å². The third-order valence-corrected chi connectivity index (χ3v) is 2.76. The van der Waals surface area contributed by atoms with E-state index in [4.69, 9.17) is 5.73 Å². The minimum absolute atomic E-state index is 0.297. The lowest BCUT2D eigenvalue weighted by Crippen LogP contribution is -2.11. The van der Waals surface area contributed by atoms with E-state index in [2.05, 4.69) is 16.8 Å². The molecule has 0 fully saturated rings. The number of carbonyl (C=O) groups is 1. The highest BCUT2D eigenvalue weighted by atomic mass is 32.2. The minimum Gasteiger partial charge on any atom is -0.370 e. The second-order valence-corrected chi connectivity index (χ2v) is 4.06. The predicted molar refractivity (Wildman–Crippen MR) is 59.5 cm³/mol. The molecule has 0 aliphatic rings. The first kappa shape index (κ1) is 11.8. The number of hydrogen-bond donors (Lipinski definition) is 1. The van der Waals surface area contributed by atoms with Crippen molar-refractivity contribution in [2.45, 2.75) is 25.0 Å². The number of aromatic nitrogens is 3. The van der Waals surface area contributed by atoms with Crippen molar-refractivity contribution in [2.75, 3.05) is 5.75 Å². The fourth-order valence-electron chi connectivity index (χ4n) is 1.05. The van der Waals surface area contributed by atoms with Crippen LogP contribution in [0.2, 0.25) is 0 Å². The molecule has 82 valence electrons. The van der Waals surface area contributed by atoms with E-state index in [-0.39, 0.29) is 5.91 Å². The number of rotatable bonds is 6. The van der Waals surface area contributed by atoms with E-state index in [0.717, 1.165) is 11.0 Å². The van der Waals surface area contributed by atoms with Crippen LogP contribution in [0.1, 0.15) is 12.2 Å². The van der Waals surface area contributed by atoms with Crippen LogP contribution in [0.25, 0.3) is 0 Å². The Labute approximate surface area is 92.7 Å². The zero-order chi connectivity index (χ0) is 11.3. The highest BCUT2D eigenvalue weighted by Gasteiger charge is 2.08. The lowest BCUT2D eigenvalue weighted by Gasteiger charge is -2.03. The summed E-state index contributed by atoms with van der Waals surface area (Å²) in [6, 6.07) is 0. The molecule has 1 aromatic heterocycles. The maximum Gasteiger partial charge on any atom is 0.218 e. The molecule has 0 saturated carbocycles. The first-order valence-electron chi connectivity index (χ1n) is 4.57. The van der Waals surface area contributed by atoms with Crippen molar-refractivity contribution < 1.29 is 4.79 Å². The molecule has 1 rings (SSSR count). The van der Waals surface area contributed by atoms with Gasteiger partial charge in [0.15, 0.2) is 5.16 Å². The van der Waals surface area contributed by atoms with Crippen LogP contribution in [0.4, 0.5) is 0 Å². The van der Waals surface area contributed by atoms with Crippen molar-refractivity contribution in [1.29, 1.82) is 0 Å². The normalized spacial score (nSPS) is 10.2. The zero-order valence-electron chi connectivity index (χ0n) is 8.64. The number of hydrogen-bond acceptors (Lipinski definition) is 4. The summed E-state index contributed by atoms with van der Waals surface area (Å²) in [6.07, 6.45) is 2.14. The van der Waals surface area contributed by atoms with Crippen LogP contribution in [0.15, 0.2) is 17.8 Å². The summed E-state index contributed by atoms with van der Waals surface area (Å²) < 4.78 is 1.94. The first-order valence-corrected chi connectivity index (χ1v) is 5.55. The molecule has 2 N–H and O–H groups in total. The number of carbonyl (C=O) groups excluding carboxylic acids is 1. The Morgan fingerprint density at radius 3 is 3.00 bits per heavy atom. The van der Waals surface area contributed by atoms with Crippen LogP contribution < -0.4 is 5.73 Å². The summed E-state index contributed by atoms with van der Waals surface area (Å²) in [4.78, 5) is 10.6. The van der Waals surface area contributed by atoms with Crippen molar-refractivity contribution in [3.8, 4) is 0 Å². The maximum absolute atomic E-state index is 10.6. The highest BCUT2D eigenvalue weighted by Crippen LogP contribution is 2.17. The van der Waals surface area contributed by atoms with E-state index in [0.29, 0.717) is 18.7 Å². The van der Waals surface area contributed by atoms with Crippen LogP contribution >= 0.6 is 11.8 Å². The molecule has 0 spiro atoms. The van der Waals surface area contributed by atoms with E-state index in [1.807, 2.05) is 11.5 Å². The maximum atomic E-state index is 10.6. The van der Waals surface area contributed by atoms with E-state index >= 15 is 0 Å². The Morgan fingerprint density at radius 1 is 1.67 bits per heavy atom.